The van der Waals surface area contributed by atoms with Gasteiger partial charge in [0.1, 0.15) is 0 Å². The summed E-state index contributed by atoms with van der Waals surface area (Å²) in [6.45, 7) is 0.833. The van der Waals surface area contributed by atoms with Crippen LogP contribution in [0, 0.1) is 0 Å². The van der Waals surface area contributed by atoms with Gasteiger partial charge in [-0.25, -0.2) is 0 Å². The Hall–Kier alpha value is -1.03. The maximum absolute atomic E-state index is 5.57. The Labute approximate surface area is 75.3 Å². The maximum atomic E-state index is 5.57. The molecule has 0 radical (unpaired) electrons. The van der Waals surface area contributed by atoms with Gasteiger partial charge in [0, 0.05) is 6.54 Å². The number of nitrogens with two attached hydrogens (primary N) is 1. The number of hydrogen-bond acceptors (Lipinski definition) is 4. The first-order valence-corrected chi connectivity index (χ1v) is 4.89. The molecule has 0 aliphatic carbocycles. The first-order chi connectivity index (χ1) is 5.86. The summed E-state index contributed by atoms with van der Waals surface area (Å²) in [7, 11) is 0. The number of guanidine groups is 1. The van der Waals surface area contributed by atoms with Gasteiger partial charge in [-0.15, -0.1) is 0 Å². The third kappa shape index (κ3) is 1.43. The molecule has 2 rings (SSSR count). The van der Waals surface area contributed by atoms with Crippen molar-refractivity contribution in [2.75, 3.05) is 6.54 Å². The Morgan fingerprint density at radius 2 is 2.58 bits per heavy atom. The molecule has 12 heavy (non-hydrogen) atoms. The third-order valence-electron chi connectivity index (χ3n) is 1.97. The Bertz CT molecular complexity index is 279. The van der Waals surface area contributed by atoms with E-state index in [0.717, 1.165) is 13.0 Å². The van der Waals surface area contributed by atoms with Crippen LogP contribution < -0.4 is 11.1 Å². The average molecular weight is 181 g/mol. The first-order valence-electron chi connectivity index (χ1n) is 3.95. The molecule has 1 aliphatic rings. The SMILES string of the molecule is NC1=NCCC(c2ccsc2)N1. The molecule has 3 nitrogen and oxygen atoms in total. The molecule has 1 aromatic rings. The van der Waals surface area contributed by atoms with Gasteiger partial charge in [-0.1, -0.05) is 0 Å². The Morgan fingerprint density at radius 1 is 1.67 bits per heavy atom. The second-order valence-electron chi connectivity index (χ2n) is 2.81. The predicted molar refractivity (Wildman–Crippen MR) is 51.3 cm³/mol. The van der Waals surface area contributed by atoms with E-state index < -0.39 is 0 Å². The molecule has 4 heteroatoms. The van der Waals surface area contributed by atoms with Crippen LogP contribution in [0.25, 0.3) is 0 Å². The van der Waals surface area contributed by atoms with Gasteiger partial charge in [0.2, 0.25) is 0 Å². The minimum Gasteiger partial charge on any atom is -0.370 e. The van der Waals surface area contributed by atoms with Gasteiger partial charge in [-0.3, -0.25) is 4.99 Å². The van der Waals surface area contributed by atoms with Crippen LogP contribution in [-0.2, 0) is 0 Å². The smallest absolute Gasteiger partial charge is 0.189 e. The lowest BCUT2D eigenvalue weighted by Crippen LogP contribution is -2.38. The minimum atomic E-state index is 0.369. The molecule has 2 heterocycles. The van der Waals surface area contributed by atoms with Crippen molar-refractivity contribution in [3.8, 4) is 0 Å². The summed E-state index contributed by atoms with van der Waals surface area (Å²) in [5, 5.41) is 7.38. The van der Waals surface area contributed by atoms with Crippen molar-refractivity contribution in [3.05, 3.63) is 22.4 Å². The molecule has 64 valence electrons. The van der Waals surface area contributed by atoms with Crippen molar-refractivity contribution < 1.29 is 0 Å². The molecule has 0 saturated heterocycles. The Kier molecular flexibility index (Phi) is 1.99. The molecule has 1 atom stereocenters. The fraction of sp³-hybridized carbons (Fsp3) is 0.375. The summed E-state index contributed by atoms with van der Waals surface area (Å²) in [5.74, 6) is 0.567. The summed E-state index contributed by atoms with van der Waals surface area (Å²) in [5.41, 5.74) is 6.89. The van der Waals surface area contributed by atoms with E-state index >= 15 is 0 Å². The molecule has 0 saturated carbocycles. The molecular formula is C8H11N3S. The molecule has 0 bridgehead atoms. The van der Waals surface area contributed by atoms with Gasteiger partial charge >= 0.3 is 0 Å². The highest BCUT2D eigenvalue weighted by Gasteiger charge is 2.15. The van der Waals surface area contributed by atoms with E-state index in [1.165, 1.54) is 5.56 Å². The van der Waals surface area contributed by atoms with Crippen LogP contribution in [0.2, 0.25) is 0 Å². The van der Waals surface area contributed by atoms with Crippen LogP contribution in [0.15, 0.2) is 21.8 Å². The standard InChI is InChI=1S/C8H11N3S/c9-8-10-3-1-7(11-8)6-2-4-12-5-6/h2,4-5,7H,1,3H2,(H3,9,10,11). The van der Waals surface area contributed by atoms with Crippen molar-refractivity contribution in [1.82, 2.24) is 5.32 Å². The summed E-state index contributed by atoms with van der Waals surface area (Å²) in [4.78, 5) is 4.08. The van der Waals surface area contributed by atoms with Crippen LogP contribution in [-0.4, -0.2) is 12.5 Å². The highest BCUT2D eigenvalue weighted by Crippen LogP contribution is 2.20. The third-order valence-corrected chi connectivity index (χ3v) is 2.67. The predicted octanol–water partition coefficient (Wildman–Crippen LogP) is 1.10. The zero-order valence-electron chi connectivity index (χ0n) is 6.66. The van der Waals surface area contributed by atoms with Gasteiger partial charge in [0.05, 0.1) is 6.04 Å². The van der Waals surface area contributed by atoms with Crippen LogP contribution in [0.5, 0.6) is 0 Å². The van der Waals surface area contributed by atoms with Crippen LogP contribution >= 0.6 is 11.3 Å². The van der Waals surface area contributed by atoms with E-state index in [1.807, 2.05) is 0 Å². The highest BCUT2D eigenvalue weighted by molar-refractivity contribution is 7.07. The molecule has 0 fully saturated rings. The molecule has 0 aromatic carbocycles. The maximum Gasteiger partial charge on any atom is 0.189 e. The molecule has 1 aromatic heterocycles. The van der Waals surface area contributed by atoms with Crippen molar-refractivity contribution in [2.45, 2.75) is 12.5 Å². The normalized spacial score (nSPS) is 23.0. The van der Waals surface area contributed by atoms with Crippen LogP contribution in [0.1, 0.15) is 18.0 Å². The topological polar surface area (TPSA) is 50.4 Å². The summed E-state index contributed by atoms with van der Waals surface area (Å²) >= 11 is 1.71. The van der Waals surface area contributed by atoms with Crippen LogP contribution in [0.4, 0.5) is 0 Å². The number of rotatable bonds is 1. The van der Waals surface area contributed by atoms with Gasteiger partial charge in [-0.2, -0.15) is 11.3 Å². The van der Waals surface area contributed by atoms with E-state index in [4.69, 9.17) is 5.73 Å². The van der Waals surface area contributed by atoms with E-state index in [-0.39, 0.29) is 0 Å². The van der Waals surface area contributed by atoms with Gasteiger partial charge in [0.25, 0.3) is 0 Å². The summed E-state index contributed by atoms with van der Waals surface area (Å²) in [6, 6.07) is 2.50. The number of thiophene rings is 1. The zero-order chi connectivity index (χ0) is 8.39. The van der Waals surface area contributed by atoms with Gasteiger partial charge in [-0.05, 0) is 28.8 Å². The molecule has 3 N–H and O–H groups in total. The lowest BCUT2D eigenvalue weighted by Gasteiger charge is -2.21. The lowest BCUT2D eigenvalue weighted by atomic mass is 10.1. The fourth-order valence-electron chi connectivity index (χ4n) is 1.33. The average Bonchev–Trinajstić information content (AvgIpc) is 2.56. The van der Waals surface area contributed by atoms with Crippen molar-refractivity contribution in [3.63, 3.8) is 0 Å². The minimum absolute atomic E-state index is 0.369. The number of nitrogens with one attached hydrogen (secondary N) is 1. The summed E-state index contributed by atoms with van der Waals surface area (Å²) < 4.78 is 0. The van der Waals surface area contributed by atoms with Crippen LogP contribution in [0.3, 0.4) is 0 Å². The molecule has 0 amide bonds. The second kappa shape index (κ2) is 3.15. The van der Waals surface area contributed by atoms with Crippen molar-refractivity contribution in [2.24, 2.45) is 10.7 Å². The lowest BCUT2D eigenvalue weighted by molar-refractivity contribution is 0.570. The molecule has 1 aliphatic heterocycles. The van der Waals surface area contributed by atoms with Crippen molar-refractivity contribution >= 4 is 17.3 Å². The summed E-state index contributed by atoms with van der Waals surface area (Å²) in [6.07, 6.45) is 1.04. The van der Waals surface area contributed by atoms with E-state index in [1.54, 1.807) is 11.3 Å². The molecule has 1 unspecified atom stereocenters. The Balaban J connectivity index is 2.12. The Morgan fingerprint density at radius 3 is 3.25 bits per heavy atom. The largest absolute Gasteiger partial charge is 0.370 e. The zero-order valence-corrected chi connectivity index (χ0v) is 7.47. The van der Waals surface area contributed by atoms with E-state index in [2.05, 4.69) is 27.1 Å². The van der Waals surface area contributed by atoms with Crippen molar-refractivity contribution in [1.29, 1.82) is 0 Å². The van der Waals surface area contributed by atoms with E-state index in [9.17, 15) is 0 Å². The second-order valence-corrected chi connectivity index (χ2v) is 3.59. The van der Waals surface area contributed by atoms with Gasteiger partial charge in [0.15, 0.2) is 5.96 Å². The van der Waals surface area contributed by atoms with E-state index in [0.29, 0.717) is 12.0 Å². The number of nitrogens with zero attached hydrogens (tertiary/aromatic N) is 1. The van der Waals surface area contributed by atoms with Gasteiger partial charge < -0.3 is 11.1 Å². The quantitative estimate of drug-likeness (QED) is 0.681. The number of aliphatic imine (C=N–C) groups is 1. The monoisotopic (exact) mass is 181 g/mol. The number of hydrogen-bond donors (Lipinski definition) is 2. The molecular weight excluding hydrogens is 170 g/mol. The first kappa shape index (κ1) is 7.61. The fourth-order valence-corrected chi connectivity index (χ4v) is 2.05. The highest BCUT2D eigenvalue weighted by atomic mass is 32.1. The molecule has 0 spiro atoms.